The van der Waals surface area contributed by atoms with Gasteiger partial charge in [0.2, 0.25) is 0 Å². The van der Waals surface area contributed by atoms with Gasteiger partial charge >= 0.3 is 0 Å². The topological polar surface area (TPSA) is 32.8 Å². The molecule has 0 aliphatic carbocycles. The van der Waals surface area contributed by atoms with Crippen molar-refractivity contribution in [3.8, 4) is 0 Å². The van der Waals surface area contributed by atoms with Gasteiger partial charge in [0.25, 0.3) is 5.91 Å². The molecule has 2 aliphatic rings. The Morgan fingerprint density at radius 3 is 2.70 bits per heavy atom. The second kappa shape index (κ2) is 6.60. The van der Waals surface area contributed by atoms with Crippen molar-refractivity contribution in [1.82, 2.24) is 9.96 Å². The van der Waals surface area contributed by atoms with Gasteiger partial charge < -0.3 is 0 Å². The summed E-state index contributed by atoms with van der Waals surface area (Å²) in [5, 5.41) is 2.44. The summed E-state index contributed by atoms with van der Waals surface area (Å²) in [6.07, 6.45) is 3.14. The Bertz CT molecular complexity index is 610. The molecule has 23 heavy (non-hydrogen) atoms. The average molecular weight is 357 g/mol. The second-order valence-corrected chi connectivity index (χ2v) is 7.34. The van der Waals surface area contributed by atoms with Crippen LogP contribution in [0, 0.1) is 5.92 Å². The van der Waals surface area contributed by atoms with Crippen LogP contribution in [0.2, 0.25) is 10.0 Å². The van der Waals surface area contributed by atoms with E-state index >= 15 is 0 Å². The molecule has 4 nitrogen and oxygen atoms in total. The van der Waals surface area contributed by atoms with Gasteiger partial charge in [-0.1, -0.05) is 29.3 Å². The van der Waals surface area contributed by atoms with E-state index in [0.717, 1.165) is 24.8 Å². The number of halogens is 2. The Kier molecular flexibility index (Phi) is 4.88. The highest BCUT2D eigenvalue weighted by Gasteiger charge is 2.49. The summed E-state index contributed by atoms with van der Waals surface area (Å²) < 4.78 is 0. The molecule has 2 saturated heterocycles. The Morgan fingerprint density at radius 1 is 1.30 bits per heavy atom. The minimum atomic E-state index is -0.124. The number of hydrogen-bond donors (Lipinski definition) is 0. The van der Waals surface area contributed by atoms with Crippen molar-refractivity contribution in [3.05, 3.63) is 33.8 Å². The lowest BCUT2D eigenvalue weighted by atomic mass is 9.75. The van der Waals surface area contributed by atoms with Crippen molar-refractivity contribution in [2.75, 3.05) is 21.2 Å². The maximum absolute atomic E-state index is 12.9. The molecule has 1 aromatic rings. The Morgan fingerprint density at radius 2 is 2.04 bits per heavy atom. The summed E-state index contributed by atoms with van der Waals surface area (Å²) in [4.78, 5) is 20.4. The largest absolute Gasteiger partial charge is 0.300 e. The zero-order valence-electron chi connectivity index (χ0n) is 13.6. The van der Waals surface area contributed by atoms with Crippen LogP contribution in [0.15, 0.2) is 18.2 Å². The smallest absolute Gasteiger partial charge is 0.251 e. The third-order valence-corrected chi connectivity index (χ3v) is 6.25. The molecule has 0 aromatic heterocycles. The Labute approximate surface area is 147 Å². The fraction of sp³-hybridized carbons (Fsp3) is 0.588. The summed E-state index contributed by atoms with van der Waals surface area (Å²) in [6, 6.07) is 6.50. The van der Waals surface area contributed by atoms with Gasteiger partial charge in [0.15, 0.2) is 0 Å². The first kappa shape index (κ1) is 17.0. The second-order valence-electron chi connectivity index (χ2n) is 6.52. The number of fused-ring (bicyclic) bond motifs is 2. The number of carbonyl (C=O) groups excluding carboxylic acids is 1. The Hall–Kier alpha value is -0.810. The summed E-state index contributed by atoms with van der Waals surface area (Å²) in [6.45, 7) is 0. The zero-order valence-corrected chi connectivity index (χ0v) is 15.1. The minimum Gasteiger partial charge on any atom is -0.300 e. The van der Waals surface area contributed by atoms with Crippen LogP contribution in [-0.2, 0) is 9.63 Å². The molecule has 0 saturated carbocycles. The molecule has 0 spiro atoms. The van der Waals surface area contributed by atoms with E-state index in [4.69, 9.17) is 28.0 Å². The highest BCUT2D eigenvalue weighted by atomic mass is 35.5. The van der Waals surface area contributed by atoms with Gasteiger partial charge in [0.05, 0.1) is 23.1 Å². The highest BCUT2D eigenvalue weighted by molar-refractivity contribution is 6.42. The van der Waals surface area contributed by atoms with Gasteiger partial charge in [0.1, 0.15) is 0 Å². The van der Waals surface area contributed by atoms with Crippen LogP contribution in [0.1, 0.15) is 30.7 Å². The lowest BCUT2D eigenvalue weighted by Gasteiger charge is -2.43. The molecule has 1 amide bonds. The number of piperidine rings is 1. The summed E-state index contributed by atoms with van der Waals surface area (Å²) in [5.74, 6) is 0.0466. The third kappa shape index (κ3) is 2.98. The molecule has 126 valence electrons. The van der Waals surface area contributed by atoms with E-state index in [0.29, 0.717) is 16.1 Å². The van der Waals surface area contributed by atoms with Crippen LogP contribution >= 0.6 is 23.2 Å². The number of carbonyl (C=O) groups is 1. The molecular formula is C17H22Cl2N2O2. The molecule has 1 aromatic carbocycles. The number of hydrogen-bond acceptors (Lipinski definition) is 3. The summed E-state index contributed by atoms with van der Waals surface area (Å²) in [5.41, 5.74) is 1.09. The van der Waals surface area contributed by atoms with Crippen LogP contribution < -0.4 is 0 Å². The summed E-state index contributed by atoms with van der Waals surface area (Å²) >= 11 is 12.3. The number of amides is 1. The first-order chi connectivity index (χ1) is 10.9. The van der Waals surface area contributed by atoms with Crippen molar-refractivity contribution in [2.45, 2.75) is 37.3 Å². The van der Waals surface area contributed by atoms with E-state index in [1.165, 1.54) is 12.2 Å². The van der Waals surface area contributed by atoms with Crippen molar-refractivity contribution < 1.29 is 9.63 Å². The van der Waals surface area contributed by atoms with E-state index in [-0.39, 0.29) is 23.8 Å². The number of rotatable bonds is 3. The molecule has 0 N–H and O–H groups in total. The maximum Gasteiger partial charge on any atom is 0.251 e. The monoisotopic (exact) mass is 356 g/mol. The molecule has 2 fully saturated rings. The van der Waals surface area contributed by atoms with Gasteiger partial charge in [-0.3, -0.25) is 14.5 Å². The van der Waals surface area contributed by atoms with Gasteiger partial charge in [0, 0.05) is 19.1 Å². The van der Waals surface area contributed by atoms with Crippen molar-refractivity contribution >= 4 is 29.1 Å². The van der Waals surface area contributed by atoms with E-state index in [9.17, 15) is 4.79 Å². The zero-order chi connectivity index (χ0) is 16.7. The fourth-order valence-corrected chi connectivity index (χ4v) is 4.50. The van der Waals surface area contributed by atoms with Gasteiger partial charge in [-0.25, -0.2) is 5.06 Å². The maximum atomic E-state index is 12.9. The molecule has 4 atom stereocenters. The summed E-state index contributed by atoms with van der Waals surface area (Å²) in [7, 11) is 5.33. The molecule has 3 unspecified atom stereocenters. The molecule has 3 rings (SSSR count). The molecular weight excluding hydrogens is 335 g/mol. The van der Waals surface area contributed by atoms with Crippen LogP contribution in [-0.4, -0.2) is 49.2 Å². The van der Waals surface area contributed by atoms with E-state index in [1.54, 1.807) is 7.05 Å². The van der Waals surface area contributed by atoms with Crippen LogP contribution in [0.4, 0.5) is 0 Å². The van der Waals surface area contributed by atoms with Crippen molar-refractivity contribution in [1.29, 1.82) is 0 Å². The first-order valence-corrected chi connectivity index (χ1v) is 8.68. The van der Waals surface area contributed by atoms with E-state index in [1.807, 2.05) is 18.2 Å². The van der Waals surface area contributed by atoms with E-state index in [2.05, 4.69) is 11.9 Å². The van der Waals surface area contributed by atoms with Crippen molar-refractivity contribution in [3.63, 3.8) is 0 Å². The lowest BCUT2D eigenvalue weighted by molar-refractivity contribution is -0.177. The molecule has 2 bridgehead atoms. The fourth-order valence-electron chi connectivity index (χ4n) is 4.19. The SMILES string of the molecule is CON(C)C(=O)C1C2CCC(C[C@@H]1c1ccc(Cl)c(Cl)c1)N2C. The van der Waals surface area contributed by atoms with E-state index < -0.39 is 0 Å². The molecule has 0 radical (unpaired) electrons. The van der Waals surface area contributed by atoms with Gasteiger partial charge in [-0.2, -0.15) is 0 Å². The van der Waals surface area contributed by atoms with Crippen LogP contribution in [0.5, 0.6) is 0 Å². The number of nitrogens with zero attached hydrogens (tertiary/aromatic N) is 2. The normalized spacial score (nSPS) is 30.5. The Balaban J connectivity index is 1.98. The van der Waals surface area contributed by atoms with Gasteiger partial charge in [-0.05, 0) is 49.9 Å². The van der Waals surface area contributed by atoms with Gasteiger partial charge in [-0.15, -0.1) is 0 Å². The standard InChI is InChI=1S/C17H22Cl2N2O2/c1-20-11-5-7-15(20)16(17(22)21(2)23-3)12(9-11)10-4-6-13(18)14(19)8-10/h4,6,8,11-12,15-16H,5,7,9H2,1-3H3/t11?,12-,15?,16?/m1/s1. The predicted molar refractivity (Wildman–Crippen MR) is 91.7 cm³/mol. The predicted octanol–water partition coefficient (Wildman–Crippen LogP) is 3.58. The van der Waals surface area contributed by atoms with Crippen LogP contribution in [0.3, 0.4) is 0 Å². The number of benzene rings is 1. The quantitative estimate of drug-likeness (QED) is 0.776. The molecule has 2 heterocycles. The molecule has 6 heteroatoms. The average Bonchev–Trinajstić information content (AvgIpc) is 2.78. The molecule has 2 aliphatic heterocycles. The number of hydroxylamine groups is 2. The first-order valence-electron chi connectivity index (χ1n) is 7.92. The minimum absolute atomic E-state index is 0.0285. The van der Waals surface area contributed by atoms with Crippen LogP contribution in [0.25, 0.3) is 0 Å². The highest BCUT2D eigenvalue weighted by Crippen LogP contribution is 2.47. The lowest BCUT2D eigenvalue weighted by Crippen LogP contribution is -2.51. The third-order valence-electron chi connectivity index (χ3n) is 5.51. The van der Waals surface area contributed by atoms with Crippen molar-refractivity contribution in [2.24, 2.45) is 5.92 Å².